The van der Waals surface area contributed by atoms with Crippen LogP contribution in [0.4, 0.5) is 10.6 Å². The summed E-state index contributed by atoms with van der Waals surface area (Å²) in [5.41, 5.74) is -0.463. The zero-order valence-corrected chi connectivity index (χ0v) is 15.0. The van der Waals surface area contributed by atoms with E-state index in [2.05, 4.69) is 24.9 Å². The Hall–Kier alpha value is -2.38. The van der Waals surface area contributed by atoms with E-state index in [4.69, 9.17) is 4.74 Å². The number of ether oxygens (including phenoxy) is 2. The maximum atomic E-state index is 12.0. The summed E-state index contributed by atoms with van der Waals surface area (Å²) in [6, 6.07) is 0. The molecular formula is C17H24N4O4. The highest BCUT2D eigenvalue weighted by Gasteiger charge is 2.55. The van der Waals surface area contributed by atoms with Crippen molar-refractivity contribution in [2.45, 2.75) is 44.8 Å². The molecule has 0 spiro atoms. The lowest BCUT2D eigenvalue weighted by Crippen LogP contribution is -2.59. The number of esters is 1. The van der Waals surface area contributed by atoms with Crippen LogP contribution in [0.3, 0.4) is 0 Å². The zero-order chi connectivity index (χ0) is 18.2. The van der Waals surface area contributed by atoms with Gasteiger partial charge in [-0.1, -0.05) is 0 Å². The molecule has 25 heavy (non-hydrogen) atoms. The van der Waals surface area contributed by atoms with Gasteiger partial charge in [-0.25, -0.2) is 19.6 Å². The Morgan fingerprint density at radius 2 is 1.92 bits per heavy atom. The molecular weight excluding hydrogens is 324 g/mol. The first-order chi connectivity index (χ1) is 11.7. The SMILES string of the molecule is COC(=O)c1cnc(N2CC(C3(NC(=O)OC(C)(C)C)CC3)C2)cn1. The maximum absolute atomic E-state index is 12.0. The summed E-state index contributed by atoms with van der Waals surface area (Å²) in [5.74, 6) is 0.582. The lowest BCUT2D eigenvalue weighted by Gasteiger charge is -2.44. The molecule has 1 aliphatic carbocycles. The number of carbonyl (C=O) groups is 2. The quantitative estimate of drug-likeness (QED) is 0.829. The summed E-state index contributed by atoms with van der Waals surface area (Å²) in [5, 5.41) is 3.04. The standard InChI is InChI=1S/C17H24N4O4/c1-16(2,3)25-15(23)20-17(5-6-17)11-9-21(10-11)13-8-18-12(7-19-13)14(22)24-4/h7-8,11H,5-6,9-10H2,1-4H3,(H,20,23). The van der Waals surface area contributed by atoms with Crippen LogP contribution in [0.15, 0.2) is 12.4 Å². The van der Waals surface area contributed by atoms with E-state index >= 15 is 0 Å². The third-order valence-corrected chi connectivity index (χ3v) is 4.56. The van der Waals surface area contributed by atoms with Gasteiger partial charge in [0.25, 0.3) is 0 Å². The van der Waals surface area contributed by atoms with Crippen LogP contribution in [0.5, 0.6) is 0 Å². The Balaban J connectivity index is 1.53. The van der Waals surface area contributed by atoms with Crippen molar-refractivity contribution in [3.8, 4) is 0 Å². The molecule has 1 aliphatic heterocycles. The van der Waals surface area contributed by atoms with E-state index in [-0.39, 0.29) is 17.3 Å². The van der Waals surface area contributed by atoms with Crippen molar-refractivity contribution in [1.29, 1.82) is 0 Å². The second-order valence-corrected chi connectivity index (χ2v) is 7.64. The number of nitrogens with one attached hydrogen (secondary N) is 1. The summed E-state index contributed by atoms with van der Waals surface area (Å²) in [4.78, 5) is 33.8. The van der Waals surface area contributed by atoms with E-state index in [9.17, 15) is 9.59 Å². The summed E-state index contributed by atoms with van der Waals surface area (Å²) in [6.07, 6.45) is 4.57. The van der Waals surface area contributed by atoms with Crippen molar-refractivity contribution in [3.63, 3.8) is 0 Å². The molecule has 1 aromatic rings. The predicted octanol–water partition coefficient (Wildman–Crippen LogP) is 1.76. The third-order valence-electron chi connectivity index (χ3n) is 4.56. The number of carbonyl (C=O) groups excluding carboxylic acids is 2. The molecule has 0 aromatic carbocycles. The minimum atomic E-state index is -0.501. The molecule has 1 aromatic heterocycles. The highest BCUT2D eigenvalue weighted by molar-refractivity contribution is 5.86. The molecule has 2 fully saturated rings. The van der Waals surface area contributed by atoms with Crippen LogP contribution in [0.1, 0.15) is 44.1 Å². The summed E-state index contributed by atoms with van der Waals surface area (Å²) in [6.45, 7) is 7.15. The fourth-order valence-corrected chi connectivity index (χ4v) is 2.99. The molecule has 8 heteroatoms. The largest absolute Gasteiger partial charge is 0.464 e. The summed E-state index contributed by atoms with van der Waals surface area (Å²) < 4.78 is 9.97. The smallest absolute Gasteiger partial charge is 0.408 e. The Morgan fingerprint density at radius 1 is 1.24 bits per heavy atom. The van der Waals surface area contributed by atoms with Gasteiger partial charge in [0.15, 0.2) is 5.69 Å². The molecule has 136 valence electrons. The first-order valence-electron chi connectivity index (χ1n) is 8.39. The number of alkyl carbamates (subject to hydrolysis) is 1. The van der Waals surface area contributed by atoms with Crippen LogP contribution < -0.4 is 10.2 Å². The Labute approximate surface area is 146 Å². The number of rotatable bonds is 4. The van der Waals surface area contributed by atoms with Gasteiger partial charge in [-0.2, -0.15) is 0 Å². The molecule has 2 heterocycles. The van der Waals surface area contributed by atoms with Gasteiger partial charge < -0.3 is 19.7 Å². The van der Waals surface area contributed by atoms with E-state index in [0.29, 0.717) is 5.92 Å². The highest BCUT2D eigenvalue weighted by Crippen LogP contribution is 2.47. The normalized spacial score (nSPS) is 19.0. The molecule has 2 aliphatic rings. The van der Waals surface area contributed by atoms with Gasteiger partial charge in [0.05, 0.1) is 19.5 Å². The van der Waals surface area contributed by atoms with E-state index in [1.165, 1.54) is 13.3 Å². The van der Waals surface area contributed by atoms with Crippen LogP contribution in [-0.2, 0) is 9.47 Å². The molecule has 1 amide bonds. The minimum absolute atomic E-state index is 0.155. The zero-order valence-electron chi connectivity index (χ0n) is 15.0. The van der Waals surface area contributed by atoms with Crippen LogP contribution in [0, 0.1) is 5.92 Å². The summed E-state index contributed by atoms with van der Waals surface area (Å²) >= 11 is 0. The van der Waals surface area contributed by atoms with Crippen molar-refractivity contribution in [2.75, 3.05) is 25.1 Å². The second kappa shape index (κ2) is 6.16. The number of aromatic nitrogens is 2. The molecule has 3 rings (SSSR count). The van der Waals surface area contributed by atoms with Gasteiger partial charge >= 0.3 is 12.1 Å². The molecule has 1 N–H and O–H groups in total. The van der Waals surface area contributed by atoms with Gasteiger partial charge in [-0.3, -0.25) is 0 Å². The van der Waals surface area contributed by atoms with Crippen LogP contribution in [-0.4, -0.2) is 53.4 Å². The van der Waals surface area contributed by atoms with Crippen LogP contribution in [0.25, 0.3) is 0 Å². The molecule has 0 atom stereocenters. The number of nitrogens with zero attached hydrogens (tertiary/aromatic N) is 3. The minimum Gasteiger partial charge on any atom is -0.464 e. The van der Waals surface area contributed by atoms with E-state index in [1.54, 1.807) is 6.20 Å². The van der Waals surface area contributed by atoms with Crippen molar-refractivity contribution in [2.24, 2.45) is 5.92 Å². The van der Waals surface area contributed by atoms with E-state index in [0.717, 1.165) is 31.7 Å². The maximum Gasteiger partial charge on any atom is 0.408 e. The number of amides is 1. The van der Waals surface area contributed by atoms with E-state index < -0.39 is 11.6 Å². The topological polar surface area (TPSA) is 93.7 Å². The van der Waals surface area contributed by atoms with Crippen molar-refractivity contribution in [3.05, 3.63) is 18.1 Å². The van der Waals surface area contributed by atoms with Crippen molar-refractivity contribution < 1.29 is 19.1 Å². The fourth-order valence-electron chi connectivity index (χ4n) is 2.99. The Bertz CT molecular complexity index is 658. The van der Waals surface area contributed by atoms with Crippen molar-refractivity contribution >= 4 is 17.9 Å². The molecule has 0 bridgehead atoms. The summed E-state index contributed by atoms with van der Waals surface area (Å²) in [7, 11) is 1.31. The van der Waals surface area contributed by atoms with Crippen molar-refractivity contribution in [1.82, 2.24) is 15.3 Å². The molecule has 0 unspecified atom stereocenters. The number of hydrogen-bond donors (Lipinski definition) is 1. The Morgan fingerprint density at radius 3 is 2.40 bits per heavy atom. The predicted molar refractivity (Wildman–Crippen MR) is 90.4 cm³/mol. The molecule has 1 saturated heterocycles. The average Bonchev–Trinajstić information content (AvgIpc) is 3.23. The first kappa shape index (κ1) is 17.4. The van der Waals surface area contributed by atoms with E-state index in [1.807, 2.05) is 20.8 Å². The number of methoxy groups -OCH3 is 1. The molecule has 8 nitrogen and oxygen atoms in total. The first-order valence-corrected chi connectivity index (χ1v) is 8.39. The van der Waals surface area contributed by atoms with Gasteiger partial charge in [-0.15, -0.1) is 0 Å². The monoisotopic (exact) mass is 348 g/mol. The van der Waals surface area contributed by atoms with Crippen LogP contribution in [0.2, 0.25) is 0 Å². The molecule has 1 saturated carbocycles. The fraction of sp³-hybridized carbons (Fsp3) is 0.647. The van der Waals surface area contributed by atoms with Gasteiger partial charge in [-0.05, 0) is 33.6 Å². The lowest BCUT2D eigenvalue weighted by atomic mass is 9.89. The lowest BCUT2D eigenvalue weighted by molar-refractivity contribution is 0.0465. The third kappa shape index (κ3) is 3.83. The molecule has 0 radical (unpaired) electrons. The second-order valence-electron chi connectivity index (χ2n) is 7.64. The van der Waals surface area contributed by atoms with Crippen LogP contribution >= 0.6 is 0 Å². The highest BCUT2D eigenvalue weighted by atomic mass is 16.6. The van der Waals surface area contributed by atoms with Gasteiger partial charge in [0.2, 0.25) is 0 Å². The van der Waals surface area contributed by atoms with Gasteiger partial charge in [0, 0.05) is 24.5 Å². The number of hydrogen-bond acceptors (Lipinski definition) is 7. The Kier molecular flexibility index (Phi) is 4.30. The average molecular weight is 348 g/mol. The van der Waals surface area contributed by atoms with Gasteiger partial charge in [0.1, 0.15) is 11.4 Å². The number of anilines is 1.